The van der Waals surface area contributed by atoms with E-state index in [1.54, 1.807) is 0 Å². The third kappa shape index (κ3) is 1.15. The van der Waals surface area contributed by atoms with Gasteiger partial charge >= 0.3 is 0 Å². The summed E-state index contributed by atoms with van der Waals surface area (Å²) in [5, 5.41) is 0. The molecule has 3 unspecified atom stereocenters. The van der Waals surface area contributed by atoms with Crippen molar-refractivity contribution < 1.29 is 4.79 Å². The van der Waals surface area contributed by atoms with Gasteiger partial charge < -0.3 is 9.69 Å². The first-order chi connectivity index (χ1) is 6.36. The van der Waals surface area contributed by atoms with E-state index >= 15 is 0 Å². The van der Waals surface area contributed by atoms with Gasteiger partial charge in [-0.2, -0.15) is 0 Å². The number of piperidine rings is 3. The van der Waals surface area contributed by atoms with E-state index in [0.29, 0.717) is 0 Å². The van der Waals surface area contributed by atoms with Gasteiger partial charge in [-0.15, -0.1) is 0 Å². The standard InChI is InChI=1S/C11H17NO/c13-2-1-11-9-3-8-4-10(11)7-12(5-8)6-9/h2,8-11H,1,3-7H2/t8?,9-,10?,11-/m0/s1. The predicted octanol–water partition coefficient (Wildman–Crippen LogP) is 1.16. The average molecular weight is 179 g/mol. The first kappa shape index (κ1) is 7.98. The number of carbonyl (C=O) groups is 1. The minimum absolute atomic E-state index is 0.741. The van der Waals surface area contributed by atoms with Crippen LogP contribution in [0.25, 0.3) is 0 Å². The SMILES string of the molecule is O=CC[C@@H]1C2CC3C[C@H]1CN(C3)C2. The molecular weight excluding hydrogens is 162 g/mol. The quantitative estimate of drug-likeness (QED) is 0.593. The molecule has 72 valence electrons. The van der Waals surface area contributed by atoms with Gasteiger partial charge in [0.2, 0.25) is 0 Å². The molecular formula is C11H17NO. The Morgan fingerprint density at radius 3 is 2.38 bits per heavy atom. The molecule has 4 bridgehead atoms. The zero-order chi connectivity index (χ0) is 8.84. The first-order valence-electron chi connectivity index (χ1n) is 5.53. The zero-order valence-electron chi connectivity index (χ0n) is 7.98. The van der Waals surface area contributed by atoms with Crippen molar-refractivity contribution in [3.05, 3.63) is 0 Å². The monoisotopic (exact) mass is 179 g/mol. The van der Waals surface area contributed by atoms with Crippen molar-refractivity contribution in [2.45, 2.75) is 19.3 Å². The molecule has 0 aromatic rings. The van der Waals surface area contributed by atoms with Crippen molar-refractivity contribution in [1.29, 1.82) is 0 Å². The second-order valence-electron chi connectivity index (χ2n) is 5.14. The second-order valence-corrected chi connectivity index (χ2v) is 5.14. The summed E-state index contributed by atoms with van der Waals surface area (Å²) in [5.74, 6) is 3.43. The first-order valence-corrected chi connectivity index (χ1v) is 5.53. The molecule has 0 spiro atoms. The Morgan fingerprint density at radius 1 is 1.15 bits per heavy atom. The molecule has 3 saturated heterocycles. The van der Waals surface area contributed by atoms with Crippen molar-refractivity contribution in [2.75, 3.05) is 19.6 Å². The van der Waals surface area contributed by atoms with Crippen LogP contribution >= 0.6 is 0 Å². The lowest BCUT2D eigenvalue weighted by atomic mass is 9.61. The molecule has 13 heavy (non-hydrogen) atoms. The molecule has 3 heterocycles. The molecule has 0 amide bonds. The van der Waals surface area contributed by atoms with E-state index in [0.717, 1.165) is 36.4 Å². The van der Waals surface area contributed by atoms with Gasteiger partial charge in [-0.05, 0) is 36.5 Å². The Hall–Kier alpha value is -0.370. The Bertz CT molecular complexity index is 198. The van der Waals surface area contributed by atoms with Gasteiger partial charge in [0.1, 0.15) is 6.29 Å². The second kappa shape index (κ2) is 2.81. The van der Waals surface area contributed by atoms with Gasteiger partial charge in [-0.3, -0.25) is 0 Å². The molecule has 5 atom stereocenters. The van der Waals surface area contributed by atoms with Crippen LogP contribution in [-0.4, -0.2) is 30.8 Å². The molecule has 1 saturated carbocycles. The van der Waals surface area contributed by atoms with Crippen LogP contribution in [0.3, 0.4) is 0 Å². The number of nitrogens with zero attached hydrogens (tertiary/aromatic N) is 1. The summed E-state index contributed by atoms with van der Waals surface area (Å²) in [6.45, 7) is 3.91. The van der Waals surface area contributed by atoms with Crippen molar-refractivity contribution in [2.24, 2.45) is 23.7 Å². The van der Waals surface area contributed by atoms with E-state index < -0.39 is 0 Å². The molecule has 4 fully saturated rings. The average Bonchev–Trinajstić information content (AvgIpc) is 2.10. The van der Waals surface area contributed by atoms with Gasteiger partial charge in [0.15, 0.2) is 0 Å². The maximum Gasteiger partial charge on any atom is 0.120 e. The number of hydrogen-bond acceptors (Lipinski definition) is 2. The molecule has 4 rings (SSSR count). The van der Waals surface area contributed by atoms with Crippen LogP contribution in [-0.2, 0) is 4.79 Å². The number of aldehydes is 1. The van der Waals surface area contributed by atoms with E-state index in [4.69, 9.17) is 0 Å². The molecule has 4 aliphatic rings. The third-order valence-corrected chi connectivity index (χ3v) is 4.35. The topological polar surface area (TPSA) is 20.3 Å². The zero-order valence-corrected chi connectivity index (χ0v) is 7.98. The largest absolute Gasteiger partial charge is 0.303 e. The summed E-state index contributed by atoms with van der Waals surface area (Å²) < 4.78 is 0. The van der Waals surface area contributed by atoms with Crippen molar-refractivity contribution in [3.8, 4) is 0 Å². The van der Waals surface area contributed by atoms with Crippen LogP contribution in [0.1, 0.15) is 19.3 Å². The fraction of sp³-hybridized carbons (Fsp3) is 0.909. The molecule has 0 radical (unpaired) electrons. The maximum atomic E-state index is 10.6. The summed E-state index contributed by atoms with van der Waals surface area (Å²) >= 11 is 0. The van der Waals surface area contributed by atoms with Crippen LogP contribution in [0, 0.1) is 23.7 Å². The third-order valence-electron chi connectivity index (χ3n) is 4.35. The fourth-order valence-corrected chi connectivity index (χ4v) is 4.00. The molecule has 0 aromatic carbocycles. The lowest BCUT2D eigenvalue weighted by Gasteiger charge is -2.55. The van der Waals surface area contributed by atoms with Gasteiger partial charge in [0.25, 0.3) is 0 Å². The predicted molar refractivity (Wildman–Crippen MR) is 50.3 cm³/mol. The lowest BCUT2D eigenvalue weighted by Crippen LogP contribution is -2.57. The van der Waals surface area contributed by atoms with Crippen LogP contribution in [0.2, 0.25) is 0 Å². The van der Waals surface area contributed by atoms with Gasteiger partial charge in [-0.1, -0.05) is 0 Å². The summed E-state index contributed by atoms with van der Waals surface area (Å²) in [5.41, 5.74) is 0. The lowest BCUT2D eigenvalue weighted by molar-refractivity contribution is -0.114. The highest BCUT2D eigenvalue weighted by molar-refractivity contribution is 5.50. The molecule has 2 nitrogen and oxygen atoms in total. The van der Waals surface area contributed by atoms with Gasteiger partial charge in [0.05, 0.1) is 0 Å². The molecule has 0 aromatic heterocycles. The van der Waals surface area contributed by atoms with Crippen molar-refractivity contribution >= 4 is 6.29 Å². The van der Waals surface area contributed by atoms with Gasteiger partial charge in [0, 0.05) is 26.1 Å². The van der Waals surface area contributed by atoms with Gasteiger partial charge in [-0.25, -0.2) is 0 Å². The Morgan fingerprint density at radius 2 is 1.85 bits per heavy atom. The van der Waals surface area contributed by atoms with Crippen molar-refractivity contribution in [3.63, 3.8) is 0 Å². The molecule has 0 N–H and O–H groups in total. The number of rotatable bonds is 2. The minimum atomic E-state index is 0.741. The minimum Gasteiger partial charge on any atom is -0.303 e. The van der Waals surface area contributed by atoms with E-state index in [-0.39, 0.29) is 0 Å². The highest BCUT2D eigenvalue weighted by Crippen LogP contribution is 2.47. The fourth-order valence-electron chi connectivity index (χ4n) is 4.00. The van der Waals surface area contributed by atoms with E-state index in [2.05, 4.69) is 4.90 Å². The molecule has 2 heteroatoms. The Kier molecular flexibility index (Phi) is 1.72. The summed E-state index contributed by atoms with van der Waals surface area (Å²) in [4.78, 5) is 13.2. The van der Waals surface area contributed by atoms with E-state index in [1.165, 1.54) is 32.5 Å². The summed E-state index contributed by atoms with van der Waals surface area (Å²) in [7, 11) is 0. The smallest absolute Gasteiger partial charge is 0.120 e. The normalized spacial score (nSPS) is 52.5. The Labute approximate surface area is 79.3 Å². The maximum absolute atomic E-state index is 10.6. The van der Waals surface area contributed by atoms with Crippen LogP contribution in [0.15, 0.2) is 0 Å². The summed E-state index contributed by atoms with van der Waals surface area (Å²) in [6, 6.07) is 0. The van der Waals surface area contributed by atoms with Crippen LogP contribution in [0.4, 0.5) is 0 Å². The number of carbonyl (C=O) groups excluding carboxylic acids is 1. The highest BCUT2D eigenvalue weighted by Gasteiger charge is 2.46. The molecule has 3 aliphatic heterocycles. The Balaban J connectivity index is 1.81. The van der Waals surface area contributed by atoms with Crippen LogP contribution < -0.4 is 0 Å². The van der Waals surface area contributed by atoms with Crippen LogP contribution in [0.5, 0.6) is 0 Å². The van der Waals surface area contributed by atoms with Crippen molar-refractivity contribution in [1.82, 2.24) is 4.90 Å². The molecule has 1 aliphatic carbocycles. The number of hydrogen-bond donors (Lipinski definition) is 0. The highest BCUT2D eigenvalue weighted by atomic mass is 16.1. The van der Waals surface area contributed by atoms with E-state index in [1.807, 2.05) is 0 Å². The van der Waals surface area contributed by atoms with E-state index in [9.17, 15) is 4.79 Å². The summed E-state index contributed by atoms with van der Waals surface area (Å²) in [6.07, 6.45) is 4.79.